The van der Waals surface area contributed by atoms with E-state index in [1.807, 2.05) is 18.9 Å². The van der Waals surface area contributed by atoms with Crippen molar-refractivity contribution in [2.45, 2.75) is 39.1 Å². The number of hydrogen-bond acceptors (Lipinski definition) is 6. The average Bonchev–Trinajstić information content (AvgIpc) is 3.04. The number of hydrogen-bond donors (Lipinski definition) is 3. The van der Waals surface area contributed by atoms with Gasteiger partial charge in [0.1, 0.15) is 0 Å². The van der Waals surface area contributed by atoms with E-state index in [2.05, 4.69) is 20.5 Å². The number of nitrogens with one attached hydrogen (secondary N) is 3. The monoisotopic (exact) mass is 440 g/mol. The van der Waals surface area contributed by atoms with Gasteiger partial charge in [0.25, 0.3) is 0 Å². The lowest BCUT2D eigenvalue weighted by Crippen LogP contribution is -2.44. The first-order valence-electron chi connectivity index (χ1n) is 8.70. The van der Waals surface area contributed by atoms with Crippen LogP contribution in [-0.2, 0) is 0 Å². The molecule has 2 aromatic rings. The van der Waals surface area contributed by atoms with Crippen molar-refractivity contribution in [3.8, 4) is 17.2 Å². The van der Waals surface area contributed by atoms with Gasteiger partial charge < -0.3 is 19.8 Å². The molecule has 0 spiro atoms. The van der Waals surface area contributed by atoms with Crippen LogP contribution in [0.5, 0.6) is 5.75 Å². The Labute approximate surface area is 169 Å². The molecule has 12 heteroatoms. The Hall–Kier alpha value is -2.27. The van der Waals surface area contributed by atoms with E-state index >= 15 is 0 Å². The first kappa shape index (κ1) is 23.0. The Bertz CT molecular complexity index is 894. The van der Waals surface area contributed by atoms with Gasteiger partial charge in [0.15, 0.2) is 11.6 Å². The summed E-state index contributed by atoms with van der Waals surface area (Å²) in [5.41, 5.74) is -0.424. The molecule has 1 unspecified atom stereocenters. The van der Waals surface area contributed by atoms with E-state index in [4.69, 9.17) is 4.42 Å². The lowest BCUT2D eigenvalue weighted by molar-refractivity contribution is -0.275. The molecule has 162 valence electrons. The third-order valence-electron chi connectivity index (χ3n) is 5.11. The Kier molecular flexibility index (Phi) is 6.84. The lowest BCUT2D eigenvalue weighted by Gasteiger charge is -2.40. The van der Waals surface area contributed by atoms with Crippen LogP contribution in [0.25, 0.3) is 11.5 Å². The molecule has 3 rings (SSSR count). The zero-order valence-corrected chi connectivity index (χ0v) is 16.5. The van der Waals surface area contributed by atoms with Gasteiger partial charge in [-0.3, -0.25) is 0 Å². The summed E-state index contributed by atoms with van der Waals surface area (Å²) in [7, 11) is 0. The molecule has 1 aromatic heterocycles. The van der Waals surface area contributed by atoms with Crippen molar-refractivity contribution in [3.05, 3.63) is 28.5 Å². The number of benzene rings is 1. The Morgan fingerprint density at radius 2 is 1.97 bits per heavy atom. The summed E-state index contributed by atoms with van der Waals surface area (Å²) in [6, 6.07) is 1.69. The summed E-state index contributed by atoms with van der Waals surface area (Å²) in [5, 5.41) is 11.8. The largest absolute Gasteiger partial charge is 0.573 e. The molecular weight excluding hydrogens is 420 g/mol. The molecule has 0 bridgehead atoms. The predicted octanol–water partition coefficient (Wildman–Crippen LogP) is 3.68. The molecule has 7 nitrogen and oxygen atoms in total. The highest BCUT2D eigenvalue weighted by atomic mass is 35.5. The number of piperidine rings is 1. The fourth-order valence-electron chi connectivity index (χ4n) is 3.24. The van der Waals surface area contributed by atoms with E-state index in [1.165, 1.54) is 6.07 Å². The van der Waals surface area contributed by atoms with E-state index in [0.717, 1.165) is 32.0 Å². The first-order chi connectivity index (χ1) is 13.1. The van der Waals surface area contributed by atoms with Crippen LogP contribution in [0.4, 0.5) is 23.2 Å². The number of alkyl halides is 3. The highest BCUT2D eigenvalue weighted by molar-refractivity contribution is 5.85. The maximum atomic E-state index is 14.5. The summed E-state index contributed by atoms with van der Waals surface area (Å²) in [4.78, 5) is 11.1. The summed E-state index contributed by atoms with van der Waals surface area (Å²) in [6.45, 7) is 5.40. The van der Waals surface area contributed by atoms with Gasteiger partial charge in [0, 0.05) is 11.6 Å². The molecule has 1 aromatic carbocycles. The molecule has 2 heterocycles. The standard InChI is InChI=1S/C17H20F4N4O3.ClH/c1-9(16(2)3-5-22-6-4-16)23-12-8-10(14-24-25-15(26)27-14)7-11(18)13(12)28-17(19,20)21;/h7-9,22-23H,3-6H2,1-2H3,(H,25,26);1H. The van der Waals surface area contributed by atoms with Crippen molar-refractivity contribution >= 4 is 18.1 Å². The van der Waals surface area contributed by atoms with Crippen LogP contribution >= 0.6 is 12.4 Å². The van der Waals surface area contributed by atoms with Crippen molar-refractivity contribution in [1.29, 1.82) is 0 Å². The first-order valence-corrected chi connectivity index (χ1v) is 8.70. The number of aromatic nitrogens is 2. The predicted molar refractivity (Wildman–Crippen MR) is 99.7 cm³/mol. The number of anilines is 1. The van der Waals surface area contributed by atoms with Crippen molar-refractivity contribution < 1.29 is 26.7 Å². The summed E-state index contributed by atoms with van der Waals surface area (Å²) < 4.78 is 61.6. The van der Waals surface area contributed by atoms with Gasteiger partial charge in [-0.15, -0.1) is 30.7 Å². The topological polar surface area (TPSA) is 92.2 Å². The molecule has 1 aliphatic rings. The molecule has 1 fully saturated rings. The highest BCUT2D eigenvalue weighted by Gasteiger charge is 2.36. The van der Waals surface area contributed by atoms with Crippen LogP contribution in [0.3, 0.4) is 0 Å². The smallest absolute Gasteiger partial charge is 0.400 e. The second-order valence-electron chi connectivity index (χ2n) is 7.07. The minimum atomic E-state index is -5.07. The summed E-state index contributed by atoms with van der Waals surface area (Å²) in [5.74, 6) is -3.34. The molecule has 0 saturated carbocycles. The summed E-state index contributed by atoms with van der Waals surface area (Å²) in [6.07, 6.45) is -3.47. The van der Waals surface area contributed by atoms with Gasteiger partial charge in [-0.2, -0.15) is 0 Å². The number of halogens is 5. The Balaban J connectivity index is 0.00000300. The van der Waals surface area contributed by atoms with Crippen LogP contribution in [-0.4, -0.2) is 35.7 Å². The summed E-state index contributed by atoms with van der Waals surface area (Å²) >= 11 is 0. The third kappa shape index (κ3) is 5.41. The zero-order chi connectivity index (χ0) is 20.5. The SMILES string of the molecule is CC(Nc1cc(-c2n[nH]c(=O)o2)cc(F)c1OC(F)(F)F)C1(C)CCNCC1.Cl. The van der Waals surface area contributed by atoms with Crippen LogP contribution < -0.4 is 21.1 Å². The van der Waals surface area contributed by atoms with E-state index in [1.54, 1.807) is 0 Å². The fourth-order valence-corrected chi connectivity index (χ4v) is 3.24. The lowest BCUT2D eigenvalue weighted by atomic mass is 9.75. The number of H-pyrrole nitrogens is 1. The van der Waals surface area contributed by atoms with Crippen LogP contribution in [0.1, 0.15) is 26.7 Å². The molecule has 1 atom stereocenters. The normalized spacial score (nSPS) is 17.3. The molecule has 1 aliphatic heterocycles. The molecule has 3 N–H and O–H groups in total. The van der Waals surface area contributed by atoms with Gasteiger partial charge in [-0.1, -0.05) is 6.92 Å². The van der Waals surface area contributed by atoms with E-state index in [0.29, 0.717) is 0 Å². The van der Waals surface area contributed by atoms with Crippen molar-refractivity contribution in [1.82, 2.24) is 15.5 Å². The molecule has 1 saturated heterocycles. The van der Waals surface area contributed by atoms with E-state index in [-0.39, 0.29) is 41.0 Å². The quantitative estimate of drug-likeness (QED) is 0.614. The van der Waals surface area contributed by atoms with Crippen molar-refractivity contribution in [2.75, 3.05) is 18.4 Å². The second kappa shape index (κ2) is 8.62. The average molecular weight is 441 g/mol. The number of ether oxygens (including phenoxy) is 1. The number of aromatic amines is 1. The van der Waals surface area contributed by atoms with Crippen molar-refractivity contribution in [3.63, 3.8) is 0 Å². The molecule has 0 radical (unpaired) electrons. The maximum Gasteiger partial charge on any atom is 0.573 e. The number of nitrogens with zero attached hydrogens (tertiary/aromatic N) is 1. The fraction of sp³-hybridized carbons (Fsp3) is 0.529. The minimum Gasteiger partial charge on any atom is -0.400 e. The van der Waals surface area contributed by atoms with Gasteiger partial charge in [-0.25, -0.2) is 14.3 Å². The maximum absolute atomic E-state index is 14.5. The highest BCUT2D eigenvalue weighted by Crippen LogP contribution is 2.40. The number of rotatable bonds is 5. The molecule has 29 heavy (non-hydrogen) atoms. The van der Waals surface area contributed by atoms with E-state index < -0.39 is 23.7 Å². The van der Waals surface area contributed by atoms with Crippen LogP contribution in [0.2, 0.25) is 0 Å². The van der Waals surface area contributed by atoms with Crippen LogP contribution in [0.15, 0.2) is 21.3 Å². The third-order valence-corrected chi connectivity index (χ3v) is 5.11. The zero-order valence-electron chi connectivity index (χ0n) is 15.7. The van der Waals surface area contributed by atoms with Gasteiger partial charge in [0.05, 0.1) is 5.69 Å². The Morgan fingerprint density at radius 3 is 2.52 bits per heavy atom. The molecule has 0 amide bonds. The second-order valence-corrected chi connectivity index (χ2v) is 7.07. The molecule has 0 aliphatic carbocycles. The van der Waals surface area contributed by atoms with Crippen LogP contribution in [0, 0.1) is 11.2 Å². The van der Waals surface area contributed by atoms with Crippen molar-refractivity contribution in [2.24, 2.45) is 5.41 Å². The molecular formula is C17H21ClF4N4O3. The van der Waals surface area contributed by atoms with Gasteiger partial charge in [0.2, 0.25) is 5.89 Å². The Morgan fingerprint density at radius 1 is 1.31 bits per heavy atom. The van der Waals surface area contributed by atoms with Gasteiger partial charge in [-0.05, 0) is 50.4 Å². The van der Waals surface area contributed by atoms with Gasteiger partial charge >= 0.3 is 12.1 Å². The minimum absolute atomic E-state index is 0. The van der Waals surface area contributed by atoms with E-state index in [9.17, 15) is 22.4 Å².